The molecule has 0 spiro atoms. The van der Waals surface area contributed by atoms with E-state index in [-0.39, 0.29) is 11.6 Å². The van der Waals surface area contributed by atoms with Crippen molar-refractivity contribution < 1.29 is 9.18 Å². The summed E-state index contributed by atoms with van der Waals surface area (Å²) in [7, 11) is 0. The van der Waals surface area contributed by atoms with E-state index >= 15 is 0 Å². The lowest BCUT2D eigenvalue weighted by atomic mass is 10.1. The van der Waals surface area contributed by atoms with Gasteiger partial charge in [-0.1, -0.05) is 13.8 Å². The first-order chi connectivity index (χ1) is 9.97. The molecule has 0 unspecified atom stereocenters. The van der Waals surface area contributed by atoms with Crippen molar-refractivity contribution in [2.24, 2.45) is 5.92 Å². The fraction of sp³-hybridized carbons (Fsp3) is 0.562. The van der Waals surface area contributed by atoms with Gasteiger partial charge in [0.05, 0.1) is 5.56 Å². The molecule has 1 aromatic rings. The minimum absolute atomic E-state index is 0.101. The number of anilines is 1. The van der Waals surface area contributed by atoms with Crippen molar-refractivity contribution in [3.63, 3.8) is 0 Å². The van der Waals surface area contributed by atoms with E-state index in [0.717, 1.165) is 19.6 Å². The smallest absolute Gasteiger partial charge is 0.256 e. The monoisotopic (exact) mass is 293 g/mol. The molecule has 116 valence electrons. The largest absolute Gasteiger partial charge is 0.398 e. The first kappa shape index (κ1) is 15.8. The third-order valence-corrected chi connectivity index (χ3v) is 3.93. The predicted molar refractivity (Wildman–Crippen MR) is 82.6 cm³/mol. The number of carbonyl (C=O) groups is 1. The first-order valence-corrected chi connectivity index (χ1v) is 7.54. The van der Waals surface area contributed by atoms with Crippen LogP contribution in [0.2, 0.25) is 0 Å². The van der Waals surface area contributed by atoms with Crippen molar-refractivity contribution in [2.45, 2.75) is 20.3 Å². The van der Waals surface area contributed by atoms with E-state index in [9.17, 15) is 9.18 Å². The summed E-state index contributed by atoms with van der Waals surface area (Å²) in [5, 5.41) is 0. The Balaban J connectivity index is 1.91. The van der Waals surface area contributed by atoms with Gasteiger partial charge in [0.25, 0.3) is 5.91 Å². The molecule has 21 heavy (non-hydrogen) atoms. The predicted octanol–water partition coefficient (Wildman–Crippen LogP) is 2.21. The maximum atomic E-state index is 13.0. The van der Waals surface area contributed by atoms with Crippen molar-refractivity contribution >= 4 is 11.6 Å². The van der Waals surface area contributed by atoms with Crippen LogP contribution in [0.3, 0.4) is 0 Å². The lowest BCUT2D eigenvalue weighted by molar-refractivity contribution is 0.0633. The average molecular weight is 293 g/mol. The number of nitrogens with two attached hydrogens (primary N) is 1. The number of rotatable bonds is 4. The summed E-state index contributed by atoms with van der Waals surface area (Å²) in [4.78, 5) is 16.6. The molecule has 1 aromatic carbocycles. The first-order valence-electron chi connectivity index (χ1n) is 7.54. The molecule has 1 amide bonds. The molecule has 0 aliphatic carbocycles. The number of amides is 1. The van der Waals surface area contributed by atoms with Gasteiger partial charge >= 0.3 is 0 Å². The Morgan fingerprint density at radius 2 is 1.95 bits per heavy atom. The van der Waals surface area contributed by atoms with Crippen LogP contribution in [0.5, 0.6) is 0 Å². The van der Waals surface area contributed by atoms with Gasteiger partial charge in [0.2, 0.25) is 0 Å². The molecule has 0 aromatic heterocycles. The second kappa shape index (κ2) is 6.89. The van der Waals surface area contributed by atoms with Crippen LogP contribution >= 0.6 is 0 Å². The van der Waals surface area contributed by atoms with Crippen LogP contribution in [0.25, 0.3) is 0 Å². The number of hydrogen-bond donors (Lipinski definition) is 1. The molecule has 2 N–H and O–H groups in total. The normalized spacial score (nSPS) is 16.5. The molecule has 2 rings (SSSR count). The van der Waals surface area contributed by atoms with Crippen LogP contribution in [0, 0.1) is 11.7 Å². The van der Waals surface area contributed by atoms with Gasteiger partial charge in [0.15, 0.2) is 0 Å². The highest BCUT2D eigenvalue weighted by Gasteiger charge is 2.23. The molecule has 1 aliphatic heterocycles. The Labute approximate surface area is 125 Å². The van der Waals surface area contributed by atoms with Gasteiger partial charge in [-0.05, 0) is 37.1 Å². The maximum Gasteiger partial charge on any atom is 0.256 e. The molecule has 0 saturated carbocycles. The van der Waals surface area contributed by atoms with Gasteiger partial charge in [-0.3, -0.25) is 9.69 Å². The molecular formula is C16H24FN3O. The highest BCUT2D eigenvalue weighted by molar-refractivity contribution is 5.99. The van der Waals surface area contributed by atoms with E-state index in [1.807, 2.05) is 0 Å². The van der Waals surface area contributed by atoms with Gasteiger partial charge < -0.3 is 10.6 Å². The van der Waals surface area contributed by atoms with Gasteiger partial charge in [0, 0.05) is 31.9 Å². The quantitative estimate of drug-likeness (QED) is 0.866. The van der Waals surface area contributed by atoms with Crippen molar-refractivity contribution in [1.82, 2.24) is 9.80 Å². The number of halogens is 1. The van der Waals surface area contributed by atoms with Gasteiger partial charge in [-0.15, -0.1) is 0 Å². The van der Waals surface area contributed by atoms with Crippen LogP contribution in [-0.2, 0) is 0 Å². The summed E-state index contributed by atoms with van der Waals surface area (Å²) in [5.41, 5.74) is 6.35. The Morgan fingerprint density at radius 1 is 1.29 bits per heavy atom. The number of hydrogen-bond acceptors (Lipinski definition) is 3. The lowest BCUT2D eigenvalue weighted by Gasteiger charge is -2.35. The summed E-state index contributed by atoms with van der Waals surface area (Å²) in [6, 6.07) is 3.95. The minimum atomic E-state index is -0.414. The van der Waals surface area contributed by atoms with Crippen LogP contribution < -0.4 is 5.73 Å². The minimum Gasteiger partial charge on any atom is -0.398 e. The van der Waals surface area contributed by atoms with Crippen molar-refractivity contribution in [3.8, 4) is 0 Å². The molecular weight excluding hydrogens is 269 g/mol. The second-order valence-electron chi connectivity index (χ2n) is 6.05. The Kier molecular flexibility index (Phi) is 5.17. The molecule has 4 nitrogen and oxygen atoms in total. The number of nitrogen functional groups attached to an aromatic ring is 1. The fourth-order valence-electron chi connectivity index (χ4n) is 2.51. The van der Waals surface area contributed by atoms with E-state index in [1.165, 1.54) is 24.6 Å². The van der Waals surface area contributed by atoms with Crippen LogP contribution in [-0.4, -0.2) is 48.4 Å². The van der Waals surface area contributed by atoms with Crippen LogP contribution in [0.4, 0.5) is 10.1 Å². The third kappa shape index (κ3) is 4.17. The van der Waals surface area contributed by atoms with Crippen LogP contribution in [0.1, 0.15) is 30.6 Å². The Bertz CT molecular complexity index is 496. The van der Waals surface area contributed by atoms with E-state index in [0.29, 0.717) is 24.6 Å². The third-order valence-electron chi connectivity index (χ3n) is 3.93. The van der Waals surface area contributed by atoms with E-state index in [4.69, 9.17) is 5.73 Å². The molecule has 1 saturated heterocycles. The van der Waals surface area contributed by atoms with E-state index in [1.54, 1.807) is 4.90 Å². The fourth-order valence-corrected chi connectivity index (χ4v) is 2.51. The topological polar surface area (TPSA) is 49.6 Å². The zero-order chi connectivity index (χ0) is 15.4. The molecule has 0 radical (unpaired) electrons. The highest BCUT2D eigenvalue weighted by atomic mass is 19.1. The molecule has 5 heteroatoms. The van der Waals surface area contributed by atoms with Gasteiger partial charge in [0.1, 0.15) is 5.82 Å². The summed E-state index contributed by atoms with van der Waals surface area (Å²) in [5.74, 6) is 0.183. The SMILES string of the molecule is CC(C)CCN1CCN(C(=O)c2ccc(F)cc2N)CC1. The molecule has 1 fully saturated rings. The van der Waals surface area contributed by atoms with Crippen LogP contribution in [0.15, 0.2) is 18.2 Å². The zero-order valence-corrected chi connectivity index (χ0v) is 12.8. The molecule has 0 bridgehead atoms. The highest BCUT2D eigenvalue weighted by Crippen LogP contribution is 2.17. The zero-order valence-electron chi connectivity index (χ0n) is 12.8. The second-order valence-corrected chi connectivity index (χ2v) is 6.05. The maximum absolute atomic E-state index is 13.0. The van der Waals surface area contributed by atoms with Gasteiger partial charge in [-0.25, -0.2) is 4.39 Å². The molecule has 0 atom stereocenters. The molecule has 1 heterocycles. The van der Waals surface area contributed by atoms with E-state index in [2.05, 4.69) is 18.7 Å². The average Bonchev–Trinajstić information content (AvgIpc) is 2.45. The summed E-state index contributed by atoms with van der Waals surface area (Å²) in [6.45, 7) is 8.70. The summed E-state index contributed by atoms with van der Waals surface area (Å²) >= 11 is 0. The van der Waals surface area contributed by atoms with Crippen molar-refractivity contribution in [3.05, 3.63) is 29.6 Å². The summed E-state index contributed by atoms with van der Waals surface area (Å²) in [6.07, 6.45) is 1.18. The number of carbonyl (C=O) groups excluding carboxylic acids is 1. The number of benzene rings is 1. The van der Waals surface area contributed by atoms with Crippen molar-refractivity contribution in [2.75, 3.05) is 38.5 Å². The van der Waals surface area contributed by atoms with Gasteiger partial charge in [-0.2, -0.15) is 0 Å². The molecule has 1 aliphatic rings. The van der Waals surface area contributed by atoms with E-state index < -0.39 is 5.82 Å². The summed E-state index contributed by atoms with van der Waals surface area (Å²) < 4.78 is 13.0. The standard InChI is InChI=1S/C16H24FN3O/c1-12(2)5-6-19-7-9-20(10-8-19)16(21)14-4-3-13(17)11-15(14)18/h3-4,11-12H,5-10,18H2,1-2H3. The Morgan fingerprint density at radius 3 is 2.52 bits per heavy atom. The number of piperazine rings is 1. The Hall–Kier alpha value is -1.62. The van der Waals surface area contributed by atoms with Crippen molar-refractivity contribution in [1.29, 1.82) is 0 Å². The lowest BCUT2D eigenvalue weighted by Crippen LogP contribution is -2.49. The number of nitrogens with zero attached hydrogens (tertiary/aromatic N) is 2.